The lowest BCUT2D eigenvalue weighted by Gasteiger charge is -2.09. The second-order valence-corrected chi connectivity index (χ2v) is 6.43. The van der Waals surface area contributed by atoms with Gasteiger partial charge in [0.1, 0.15) is 21.9 Å². The van der Waals surface area contributed by atoms with E-state index >= 15 is 0 Å². The first-order valence-electron chi connectivity index (χ1n) is 7.67. The number of hydrogen-bond donors (Lipinski definition) is 1. The number of aromatic nitrogens is 3. The molecule has 0 atom stereocenters. The van der Waals surface area contributed by atoms with Crippen molar-refractivity contribution in [3.63, 3.8) is 0 Å². The first-order valence-corrected chi connectivity index (χ1v) is 8.49. The van der Waals surface area contributed by atoms with Crippen LogP contribution in [-0.4, -0.2) is 15.0 Å². The monoisotopic (exact) mass is 370 g/mol. The minimum Gasteiger partial charge on any atom is -0.451 e. The van der Waals surface area contributed by atoms with E-state index < -0.39 is 17.4 Å². The molecule has 8 heteroatoms. The molecule has 0 aliphatic rings. The zero-order valence-corrected chi connectivity index (χ0v) is 14.3. The molecule has 0 saturated heterocycles. The summed E-state index contributed by atoms with van der Waals surface area (Å²) < 4.78 is 32.8. The Hall–Kier alpha value is -3.13. The highest BCUT2D eigenvalue weighted by atomic mass is 32.1. The van der Waals surface area contributed by atoms with E-state index in [4.69, 9.17) is 4.74 Å². The highest BCUT2D eigenvalue weighted by Crippen LogP contribution is 2.30. The van der Waals surface area contributed by atoms with Crippen LogP contribution >= 0.6 is 11.3 Å². The number of fused-ring (bicyclic) bond motifs is 1. The molecular weight excluding hydrogens is 358 g/mol. The molecule has 0 spiro atoms. The van der Waals surface area contributed by atoms with Crippen molar-refractivity contribution < 1.29 is 13.5 Å². The number of anilines is 2. The minimum atomic E-state index is -0.774. The van der Waals surface area contributed by atoms with Gasteiger partial charge in [0.05, 0.1) is 0 Å². The van der Waals surface area contributed by atoms with Crippen molar-refractivity contribution in [2.24, 2.45) is 0 Å². The zero-order valence-electron chi connectivity index (χ0n) is 13.5. The summed E-state index contributed by atoms with van der Waals surface area (Å²) in [5, 5.41) is 3.67. The molecule has 1 N–H and O–H groups in total. The lowest BCUT2D eigenvalue weighted by Crippen LogP contribution is -1.95. The van der Waals surface area contributed by atoms with Gasteiger partial charge < -0.3 is 10.1 Å². The standard InChI is InChI=1S/C18H12F2N4OS/c1-10-5-6-14-17(22-10)26-18(23-14)24-15-9-11(7-8-21-15)25-16-12(19)3-2-4-13(16)20/h2-9H,1H3,(H,21,23,24). The molecule has 0 saturated carbocycles. The summed E-state index contributed by atoms with van der Waals surface area (Å²) in [6.07, 6.45) is 1.48. The van der Waals surface area contributed by atoms with E-state index in [0.29, 0.717) is 10.9 Å². The quantitative estimate of drug-likeness (QED) is 0.534. The lowest BCUT2D eigenvalue weighted by molar-refractivity contribution is 0.407. The Morgan fingerprint density at radius 1 is 1.04 bits per heavy atom. The number of nitrogens with one attached hydrogen (secondary N) is 1. The predicted molar refractivity (Wildman–Crippen MR) is 96.1 cm³/mol. The van der Waals surface area contributed by atoms with Crippen LogP contribution < -0.4 is 10.1 Å². The van der Waals surface area contributed by atoms with Gasteiger partial charge >= 0.3 is 0 Å². The van der Waals surface area contributed by atoms with Crippen molar-refractivity contribution >= 4 is 32.6 Å². The summed E-state index contributed by atoms with van der Waals surface area (Å²) in [7, 11) is 0. The highest BCUT2D eigenvalue weighted by molar-refractivity contribution is 7.21. The number of thiazole rings is 1. The SMILES string of the molecule is Cc1ccc2nc(Nc3cc(Oc4c(F)cccc4F)ccn3)sc2n1. The zero-order chi connectivity index (χ0) is 18.1. The third kappa shape index (κ3) is 3.31. The van der Waals surface area contributed by atoms with Crippen LogP contribution in [0.5, 0.6) is 11.5 Å². The van der Waals surface area contributed by atoms with Crippen LogP contribution in [0.2, 0.25) is 0 Å². The minimum absolute atomic E-state index is 0.251. The number of rotatable bonds is 4. The Morgan fingerprint density at radius 2 is 1.85 bits per heavy atom. The summed E-state index contributed by atoms with van der Waals surface area (Å²) in [6, 6.07) is 10.4. The Morgan fingerprint density at radius 3 is 2.65 bits per heavy atom. The molecule has 4 aromatic rings. The molecule has 0 amide bonds. The fourth-order valence-corrected chi connectivity index (χ4v) is 3.20. The molecule has 0 aliphatic carbocycles. The average Bonchev–Trinajstić information content (AvgIpc) is 3.00. The third-order valence-corrected chi connectivity index (χ3v) is 4.38. The first kappa shape index (κ1) is 16.3. The number of ether oxygens (including phenoxy) is 1. The van der Waals surface area contributed by atoms with Crippen LogP contribution in [0.4, 0.5) is 19.7 Å². The summed E-state index contributed by atoms with van der Waals surface area (Å²) in [5.41, 5.74) is 1.69. The molecule has 0 aliphatic heterocycles. The number of aryl methyl sites for hydroxylation is 1. The Bertz CT molecular complexity index is 1080. The van der Waals surface area contributed by atoms with Gasteiger partial charge in [-0.05, 0) is 37.3 Å². The maximum atomic E-state index is 13.7. The fraction of sp³-hybridized carbons (Fsp3) is 0.0556. The molecule has 1 aromatic carbocycles. The first-order chi connectivity index (χ1) is 12.6. The number of hydrogen-bond acceptors (Lipinski definition) is 6. The molecule has 4 rings (SSSR count). The normalized spacial score (nSPS) is 10.9. The van der Waals surface area contributed by atoms with Gasteiger partial charge in [0.15, 0.2) is 22.5 Å². The molecule has 5 nitrogen and oxygen atoms in total. The summed E-state index contributed by atoms with van der Waals surface area (Å²) in [5.74, 6) is -1.31. The van der Waals surface area contributed by atoms with Crippen molar-refractivity contribution in [2.45, 2.75) is 6.92 Å². The van der Waals surface area contributed by atoms with Crippen molar-refractivity contribution in [3.8, 4) is 11.5 Å². The van der Waals surface area contributed by atoms with Gasteiger partial charge in [-0.25, -0.2) is 23.7 Å². The second kappa shape index (κ2) is 6.64. The number of para-hydroxylation sites is 1. The van der Waals surface area contributed by atoms with Gasteiger partial charge in [-0.1, -0.05) is 17.4 Å². The van der Waals surface area contributed by atoms with Crippen LogP contribution in [0.25, 0.3) is 10.3 Å². The average molecular weight is 370 g/mol. The van der Waals surface area contributed by atoms with E-state index in [0.717, 1.165) is 28.2 Å². The molecule has 0 fully saturated rings. The van der Waals surface area contributed by atoms with E-state index in [-0.39, 0.29) is 5.75 Å². The summed E-state index contributed by atoms with van der Waals surface area (Å²) >= 11 is 1.39. The second-order valence-electron chi connectivity index (χ2n) is 5.45. The van der Waals surface area contributed by atoms with Crippen LogP contribution in [-0.2, 0) is 0 Å². The van der Waals surface area contributed by atoms with Gasteiger partial charge in [-0.15, -0.1) is 0 Å². The van der Waals surface area contributed by atoms with Crippen molar-refractivity contribution in [1.82, 2.24) is 15.0 Å². The number of nitrogens with zero attached hydrogens (tertiary/aromatic N) is 3. The molecule has 0 bridgehead atoms. The van der Waals surface area contributed by atoms with E-state index in [9.17, 15) is 8.78 Å². The predicted octanol–water partition coefficient (Wildman–Crippen LogP) is 5.21. The van der Waals surface area contributed by atoms with Gasteiger partial charge in [0.2, 0.25) is 0 Å². The van der Waals surface area contributed by atoms with E-state index in [1.807, 2.05) is 19.1 Å². The Labute approximate surface area is 151 Å². The third-order valence-electron chi connectivity index (χ3n) is 3.50. The molecule has 0 radical (unpaired) electrons. The van der Waals surface area contributed by atoms with Crippen LogP contribution in [0.15, 0.2) is 48.7 Å². The summed E-state index contributed by atoms with van der Waals surface area (Å²) in [6.45, 7) is 1.91. The van der Waals surface area contributed by atoms with E-state index in [2.05, 4.69) is 20.3 Å². The maximum absolute atomic E-state index is 13.7. The Kier molecular flexibility index (Phi) is 4.18. The van der Waals surface area contributed by atoms with Gasteiger partial charge in [-0.3, -0.25) is 0 Å². The van der Waals surface area contributed by atoms with E-state index in [1.165, 1.54) is 35.7 Å². The molecular formula is C18H12F2N4OS. The van der Waals surface area contributed by atoms with Crippen molar-refractivity contribution in [1.29, 1.82) is 0 Å². The van der Waals surface area contributed by atoms with Gasteiger partial charge in [-0.2, -0.15) is 0 Å². The molecule has 0 unspecified atom stereocenters. The van der Waals surface area contributed by atoms with Crippen LogP contribution in [0.1, 0.15) is 5.69 Å². The number of benzene rings is 1. The number of pyridine rings is 2. The lowest BCUT2D eigenvalue weighted by atomic mass is 10.3. The van der Waals surface area contributed by atoms with Crippen LogP contribution in [0.3, 0.4) is 0 Å². The fourth-order valence-electron chi connectivity index (χ4n) is 2.31. The topological polar surface area (TPSA) is 59.9 Å². The summed E-state index contributed by atoms with van der Waals surface area (Å²) in [4.78, 5) is 13.8. The Balaban J connectivity index is 1.59. The molecule has 130 valence electrons. The maximum Gasteiger partial charge on any atom is 0.198 e. The molecule has 3 aromatic heterocycles. The van der Waals surface area contributed by atoms with Crippen molar-refractivity contribution in [3.05, 3.63) is 66.0 Å². The molecule has 3 heterocycles. The van der Waals surface area contributed by atoms with Crippen LogP contribution in [0, 0.1) is 18.6 Å². The highest BCUT2D eigenvalue weighted by Gasteiger charge is 2.12. The largest absolute Gasteiger partial charge is 0.451 e. The van der Waals surface area contributed by atoms with Crippen molar-refractivity contribution in [2.75, 3.05) is 5.32 Å². The van der Waals surface area contributed by atoms with Gasteiger partial charge in [0.25, 0.3) is 0 Å². The molecule has 26 heavy (non-hydrogen) atoms. The number of halogens is 2. The van der Waals surface area contributed by atoms with E-state index in [1.54, 1.807) is 0 Å². The smallest absolute Gasteiger partial charge is 0.198 e. The van der Waals surface area contributed by atoms with Gasteiger partial charge in [0, 0.05) is 18.0 Å².